The molecular formula is C14H17BClNO4. The summed E-state index contributed by atoms with van der Waals surface area (Å²) in [5.74, 6) is 0.329. The summed E-state index contributed by atoms with van der Waals surface area (Å²) < 4.78 is 17.3. The highest BCUT2D eigenvalue weighted by atomic mass is 35.5. The Kier molecular flexibility index (Phi) is 3.24. The predicted octanol–water partition coefficient (Wildman–Crippen LogP) is 1.97. The lowest BCUT2D eigenvalue weighted by Gasteiger charge is -2.32. The van der Waals surface area contributed by atoms with Gasteiger partial charge < -0.3 is 19.4 Å². The Morgan fingerprint density at radius 1 is 1.19 bits per heavy atom. The number of amides is 1. The van der Waals surface area contributed by atoms with Crippen molar-refractivity contribution in [2.45, 2.75) is 38.9 Å². The van der Waals surface area contributed by atoms with E-state index in [9.17, 15) is 4.79 Å². The van der Waals surface area contributed by atoms with E-state index in [4.69, 9.17) is 25.6 Å². The van der Waals surface area contributed by atoms with E-state index in [1.807, 2.05) is 27.7 Å². The largest absolute Gasteiger partial charge is 0.496 e. The summed E-state index contributed by atoms with van der Waals surface area (Å²) in [7, 11) is -0.577. The van der Waals surface area contributed by atoms with Gasteiger partial charge in [0.15, 0.2) is 6.61 Å². The highest BCUT2D eigenvalue weighted by molar-refractivity contribution is 6.66. The number of hydrogen-bond acceptors (Lipinski definition) is 4. The number of carbonyl (C=O) groups excluding carboxylic acids is 1. The Labute approximate surface area is 129 Å². The van der Waals surface area contributed by atoms with E-state index < -0.39 is 18.3 Å². The number of ether oxygens (including phenoxy) is 1. The summed E-state index contributed by atoms with van der Waals surface area (Å²) in [6, 6.07) is 3.57. The van der Waals surface area contributed by atoms with Gasteiger partial charge in [-0.1, -0.05) is 17.7 Å². The van der Waals surface area contributed by atoms with Crippen molar-refractivity contribution in [2.75, 3.05) is 11.9 Å². The summed E-state index contributed by atoms with van der Waals surface area (Å²) in [5.41, 5.74) is 0.257. The normalized spacial score (nSPS) is 22.5. The molecule has 7 heteroatoms. The number of benzene rings is 1. The molecule has 1 amide bonds. The topological polar surface area (TPSA) is 56.8 Å². The zero-order valence-corrected chi connectivity index (χ0v) is 13.2. The molecule has 0 radical (unpaired) electrons. The van der Waals surface area contributed by atoms with Gasteiger partial charge in [-0.3, -0.25) is 4.79 Å². The lowest BCUT2D eigenvalue weighted by atomic mass is 9.78. The molecule has 1 aromatic carbocycles. The maximum Gasteiger partial charge on any atom is 0.496 e. The third-order valence-corrected chi connectivity index (χ3v) is 4.67. The second-order valence-corrected chi connectivity index (χ2v) is 6.64. The molecule has 1 saturated heterocycles. The van der Waals surface area contributed by atoms with Gasteiger partial charge in [-0.05, 0) is 33.8 Å². The van der Waals surface area contributed by atoms with Crippen molar-refractivity contribution in [3.05, 3.63) is 17.2 Å². The highest BCUT2D eigenvalue weighted by Gasteiger charge is 2.52. The summed E-state index contributed by atoms with van der Waals surface area (Å²) in [6.45, 7) is 7.90. The Hall–Kier alpha value is -1.24. The monoisotopic (exact) mass is 309 g/mol. The number of fused-ring (bicyclic) bond motifs is 1. The number of rotatable bonds is 1. The Bertz CT molecular complexity index is 601. The third kappa shape index (κ3) is 2.31. The fraction of sp³-hybridized carbons (Fsp3) is 0.500. The van der Waals surface area contributed by atoms with Crippen LogP contribution in [0.4, 0.5) is 5.69 Å². The standard InChI is InChI=1S/C14H17BClNO4/c1-13(2)14(3,4)21-15(20-13)8-5-6-9-12(11(8)16)17-10(18)7-19-9/h5-6H,7H2,1-4H3,(H,17,18). The van der Waals surface area contributed by atoms with Crippen molar-refractivity contribution in [3.63, 3.8) is 0 Å². The van der Waals surface area contributed by atoms with Crippen LogP contribution >= 0.6 is 11.6 Å². The summed E-state index contributed by atoms with van der Waals surface area (Å²) in [4.78, 5) is 11.5. The Balaban J connectivity index is 1.98. The average Bonchev–Trinajstić information content (AvgIpc) is 2.59. The van der Waals surface area contributed by atoms with Crippen molar-refractivity contribution in [1.29, 1.82) is 0 Å². The minimum atomic E-state index is -0.577. The maximum atomic E-state index is 11.5. The molecule has 0 aromatic heterocycles. The SMILES string of the molecule is CC1(C)OB(c2ccc3c(c2Cl)NC(=O)CO3)OC1(C)C. The van der Waals surface area contributed by atoms with Gasteiger partial charge in [-0.15, -0.1) is 0 Å². The second-order valence-electron chi connectivity index (χ2n) is 6.27. The lowest BCUT2D eigenvalue weighted by molar-refractivity contribution is -0.118. The number of nitrogens with one attached hydrogen (secondary N) is 1. The van der Waals surface area contributed by atoms with Gasteiger partial charge in [-0.25, -0.2) is 0 Å². The minimum absolute atomic E-state index is 0.000827. The van der Waals surface area contributed by atoms with Crippen LogP contribution < -0.4 is 15.5 Å². The fourth-order valence-corrected chi connectivity index (χ4v) is 2.57. The van der Waals surface area contributed by atoms with Crippen LogP contribution in [0.2, 0.25) is 5.02 Å². The van der Waals surface area contributed by atoms with Crippen LogP contribution in [0.15, 0.2) is 12.1 Å². The predicted molar refractivity (Wildman–Crippen MR) is 81.3 cm³/mol. The Morgan fingerprint density at radius 2 is 1.81 bits per heavy atom. The van der Waals surface area contributed by atoms with Crippen molar-refractivity contribution in [3.8, 4) is 5.75 Å². The molecule has 0 bridgehead atoms. The molecule has 0 aliphatic carbocycles. The molecule has 5 nitrogen and oxygen atoms in total. The zero-order chi connectivity index (χ0) is 15.4. The van der Waals surface area contributed by atoms with Crippen LogP contribution in [0.5, 0.6) is 5.75 Å². The fourth-order valence-electron chi connectivity index (χ4n) is 2.28. The van der Waals surface area contributed by atoms with Crippen LogP contribution in [0.3, 0.4) is 0 Å². The molecule has 2 heterocycles. The van der Waals surface area contributed by atoms with Gasteiger partial charge in [0, 0.05) is 5.46 Å². The smallest absolute Gasteiger partial charge is 0.482 e. The first-order chi connectivity index (χ1) is 9.71. The van der Waals surface area contributed by atoms with E-state index in [0.29, 0.717) is 21.9 Å². The van der Waals surface area contributed by atoms with Gasteiger partial charge in [0.2, 0.25) is 0 Å². The van der Waals surface area contributed by atoms with Crippen LogP contribution in [0, 0.1) is 0 Å². The first-order valence-electron chi connectivity index (χ1n) is 6.82. The van der Waals surface area contributed by atoms with Crippen LogP contribution in [-0.2, 0) is 14.1 Å². The van der Waals surface area contributed by atoms with Crippen molar-refractivity contribution in [2.24, 2.45) is 0 Å². The van der Waals surface area contributed by atoms with Crippen LogP contribution in [0.1, 0.15) is 27.7 Å². The van der Waals surface area contributed by atoms with Gasteiger partial charge >= 0.3 is 7.12 Å². The van der Waals surface area contributed by atoms with Gasteiger partial charge in [-0.2, -0.15) is 0 Å². The first kappa shape index (κ1) is 14.7. The summed E-state index contributed by atoms with van der Waals surface area (Å²) in [5, 5.41) is 3.11. The quantitative estimate of drug-likeness (QED) is 0.806. The maximum absolute atomic E-state index is 11.5. The molecular weight excluding hydrogens is 292 g/mol. The second kappa shape index (κ2) is 4.63. The van der Waals surface area contributed by atoms with E-state index >= 15 is 0 Å². The molecule has 0 unspecified atom stereocenters. The highest BCUT2D eigenvalue weighted by Crippen LogP contribution is 2.39. The van der Waals surface area contributed by atoms with E-state index in [-0.39, 0.29) is 12.5 Å². The van der Waals surface area contributed by atoms with E-state index in [2.05, 4.69) is 5.32 Å². The van der Waals surface area contributed by atoms with Gasteiger partial charge in [0.1, 0.15) is 11.4 Å². The molecule has 0 atom stereocenters. The lowest BCUT2D eigenvalue weighted by Crippen LogP contribution is -2.41. The van der Waals surface area contributed by atoms with Crippen LogP contribution in [0.25, 0.3) is 0 Å². The van der Waals surface area contributed by atoms with Crippen LogP contribution in [-0.4, -0.2) is 30.8 Å². The van der Waals surface area contributed by atoms with E-state index in [0.717, 1.165) is 0 Å². The summed E-state index contributed by atoms with van der Waals surface area (Å²) >= 11 is 6.40. The zero-order valence-electron chi connectivity index (χ0n) is 12.5. The number of hydrogen-bond donors (Lipinski definition) is 1. The van der Waals surface area contributed by atoms with Gasteiger partial charge in [0.25, 0.3) is 5.91 Å². The number of anilines is 1. The molecule has 1 fully saturated rings. The molecule has 0 saturated carbocycles. The molecule has 1 N–H and O–H groups in total. The number of carbonyl (C=O) groups is 1. The summed E-state index contributed by atoms with van der Waals surface area (Å²) in [6.07, 6.45) is 0. The van der Waals surface area contributed by atoms with E-state index in [1.165, 1.54) is 0 Å². The molecule has 2 aliphatic rings. The average molecular weight is 310 g/mol. The minimum Gasteiger partial charge on any atom is -0.482 e. The van der Waals surface area contributed by atoms with E-state index in [1.54, 1.807) is 12.1 Å². The number of halogens is 1. The first-order valence-corrected chi connectivity index (χ1v) is 7.20. The molecule has 2 aliphatic heterocycles. The molecule has 112 valence electrons. The molecule has 3 rings (SSSR count). The molecule has 0 spiro atoms. The molecule has 1 aromatic rings. The van der Waals surface area contributed by atoms with Crippen molar-refractivity contribution in [1.82, 2.24) is 0 Å². The molecule has 21 heavy (non-hydrogen) atoms. The Morgan fingerprint density at radius 3 is 2.43 bits per heavy atom. The van der Waals surface area contributed by atoms with Crippen molar-refractivity contribution >= 4 is 35.8 Å². The van der Waals surface area contributed by atoms with Crippen molar-refractivity contribution < 1.29 is 18.8 Å². The van der Waals surface area contributed by atoms with Gasteiger partial charge in [0.05, 0.1) is 16.2 Å². The third-order valence-electron chi connectivity index (χ3n) is 4.26.